The molecule has 29 heavy (non-hydrogen) atoms. The Balaban J connectivity index is 1.64. The van der Waals surface area contributed by atoms with Crippen molar-refractivity contribution in [2.75, 3.05) is 13.6 Å². The summed E-state index contributed by atoms with van der Waals surface area (Å²) in [6.07, 6.45) is 1.95. The van der Waals surface area contributed by atoms with Crippen LogP contribution in [-0.4, -0.2) is 45.9 Å². The van der Waals surface area contributed by atoms with Crippen LogP contribution in [0.4, 0.5) is 0 Å². The molecule has 1 heterocycles. The Hall–Kier alpha value is -3.68. The number of carbonyl (C=O) groups excluding carboxylic acids is 2. The summed E-state index contributed by atoms with van der Waals surface area (Å²) in [4.78, 5) is 53.8. The summed E-state index contributed by atoms with van der Waals surface area (Å²) in [7, 11) is 1.54. The predicted molar refractivity (Wildman–Crippen MR) is 108 cm³/mol. The van der Waals surface area contributed by atoms with Gasteiger partial charge in [-0.3, -0.25) is 14.4 Å². The van der Waals surface area contributed by atoms with Gasteiger partial charge in [-0.2, -0.15) is 0 Å². The zero-order valence-electron chi connectivity index (χ0n) is 15.8. The van der Waals surface area contributed by atoms with E-state index in [1.165, 1.54) is 30.1 Å². The Morgan fingerprint density at radius 1 is 1.14 bits per heavy atom. The molecule has 0 unspecified atom stereocenters. The van der Waals surface area contributed by atoms with Crippen molar-refractivity contribution in [2.24, 2.45) is 0 Å². The van der Waals surface area contributed by atoms with Crippen molar-refractivity contribution < 1.29 is 9.59 Å². The van der Waals surface area contributed by atoms with Gasteiger partial charge in [0, 0.05) is 18.7 Å². The smallest absolute Gasteiger partial charge is 0.333 e. The van der Waals surface area contributed by atoms with Crippen LogP contribution < -0.4 is 16.6 Å². The second-order valence-corrected chi connectivity index (χ2v) is 7.17. The van der Waals surface area contributed by atoms with Crippen LogP contribution >= 0.6 is 0 Å². The van der Waals surface area contributed by atoms with Crippen LogP contribution in [0, 0.1) is 0 Å². The quantitative estimate of drug-likeness (QED) is 0.677. The number of likely N-dealkylation sites (N-methyl/N-ethyl adjacent to an activating group) is 1. The minimum Gasteiger partial charge on any atom is -0.352 e. The molecule has 1 aliphatic carbocycles. The highest BCUT2D eigenvalue weighted by molar-refractivity contribution is 5.99. The molecule has 2 amide bonds. The van der Waals surface area contributed by atoms with Gasteiger partial charge in [-0.05, 0) is 43.2 Å². The van der Waals surface area contributed by atoms with Crippen LogP contribution in [0.1, 0.15) is 23.2 Å². The SMILES string of the molecule is CN(CC(=O)NC1CC1)C(=O)c1ccc2c(=O)n(-c3ccccc3)c(=O)[nH]c2c1. The molecule has 3 aromatic rings. The second-order valence-electron chi connectivity index (χ2n) is 7.17. The lowest BCUT2D eigenvalue weighted by atomic mass is 10.1. The lowest BCUT2D eigenvalue weighted by Crippen LogP contribution is -2.39. The Bertz CT molecular complexity index is 1210. The molecule has 0 saturated heterocycles. The second kappa shape index (κ2) is 7.38. The van der Waals surface area contributed by atoms with Crippen LogP contribution in [0.25, 0.3) is 16.6 Å². The molecular formula is C21H20N4O4. The van der Waals surface area contributed by atoms with Gasteiger partial charge in [0.1, 0.15) is 0 Å². The molecule has 0 spiro atoms. The average molecular weight is 392 g/mol. The van der Waals surface area contributed by atoms with Crippen molar-refractivity contribution in [2.45, 2.75) is 18.9 Å². The first-order chi connectivity index (χ1) is 13.9. The fourth-order valence-electron chi connectivity index (χ4n) is 3.17. The van der Waals surface area contributed by atoms with Crippen molar-refractivity contribution in [3.8, 4) is 5.69 Å². The third-order valence-corrected chi connectivity index (χ3v) is 4.83. The van der Waals surface area contributed by atoms with Gasteiger partial charge < -0.3 is 15.2 Å². The van der Waals surface area contributed by atoms with Crippen molar-refractivity contribution in [1.29, 1.82) is 0 Å². The minimum absolute atomic E-state index is 0.0561. The number of aromatic amines is 1. The Morgan fingerprint density at radius 2 is 1.86 bits per heavy atom. The largest absolute Gasteiger partial charge is 0.352 e. The summed E-state index contributed by atoms with van der Waals surface area (Å²) in [5, 5.41) is 3.12. The topological polar surface area (TPSA) is 104 Å². The number of H-pyrrole nitrogens is 1. The highest BCUT2D eigenvalue weighted by atomic mass is 16.2. The Labute approximate surface area is 165 Å². The predicted octanol–water partition coefficient (Wildman–Crippen LogP) is 1.03. The number of amides is 2. The molecule has 1 aromatic heterocycles. The van der Waals surface area contributed by atoms with Gasteiger partial charge in [0.15, 0.2) is 0 Å². The summed E-state index contributed by atoms with van der Waals surface area (Å²) >= 11 is 0. The van der Waals surface area contributed by atoms with Crippen molar-refractivity contribution in [1.82, 2.24) is 19.8 Å². The van der Waals surface area contributed by atoms with Crippen LogP contribution in [-0.2, 0) is 4.79 Å². The number of para-hydroxylation sites is 1. The van der Waals surface area contributed by atoms with Crippen LogP contribution in [0.3, 0.4) is 0 Å². The van der Waals surface area contributed by atoms with Crippen molar-refractivity contribution >= 4 is 22.7 Å². The number of rotatable bonds is 5. The maximum Gasteiger partial charge on any atom is 0.333 e. The van der Waals surface area contributed by atoms with Gasteiger partial charge >= 0.3 is 5.69 Å². The van der Waals surface area contributed by atoms with Crippen LogP contribution in [0.2, 0.25) is 0 Å². The lowest BCUT2D eigenvalue weighted by Gasteiger charge is -2.17. The summed E-state index contributed by atoms with van der Waals surface area (Å²) in [6.45, 7) is -0.0561. The van der Waals surface area contributed by atoms with E-state index in [2.05, 4.69) is 10.3 Å². The van der Waals surface area contributed by atoms with Gasteiger partial charge in [0.05, 0.1) is 23.1 Å². The summed E-state index contributed by atoms with van der Waals surface area (Å²) < 4.78 is 1.05. The summed E-state index contributed by atoms with van der Waals surface area (Å²) in [5.41, 5.74) is -0.0376. The van der Waals surface area contributed by atoms with E-state index in [4.69, 9.17) is 0 Å². The molecular weight excluding hydrogens is 372 g/mol. The molecule has 2 N–H and O–H groups in total. The van der Waals surface area contributed by atoms with Crippen molar-refractivity contribution in [3.63, 3.8) is 0 Å². The Morgan fingerprint density at radius 3 is 2.55 bits per heavy atom. The van der Waals surface area contributed by atoms with Gasteiger partial charge in [-0.1, -0.05) is 18.2 Å². The highest BCUT2D eigenvalue weighted by Crippen LogP contribution is 2.18. The van der Waals surface area contributed by atoms with Gasteiger partial charge in [0.25, 0.3) is 11.5 Å². The molecule has 8 heteroatoms. The maximum absolute atomic E-state index is 12.8. The van der Waals surface area contributed by atoms with Crippen LogP contribution in [0.15, 0.2) is 58.1 Å². The molecule has 2 aromatic carbocycles. The molecule has 8 nitrogen and oxygen atoms in total. The number of nitrogens with zero attached hydrogens (tertiary/aromatic N) is 2. The molecule has 1 aliphatic rings. The summed E-state index contributed by atoms with van der Waals surface area (Å²) in [6, 6.07) is 13.3. The number of hydrogen-bond acceptors (Lipinski definition) is 4. The number of carbonyl (C=O) groups is 2. The van der Waals surface area contributed by atoms with E-state index < -0.39 is 11.2 Å². The van der Waals surface area contributed by atoms with E-state index in [1.54, 1.807) is 30.3 Å². The Kier molecular flexibility index (Phi) is 4.75. The normalized spacial score (nSPS) is 13.3. The molecule has 0 bridgehead atoms. The zero-order valence-corrected chi connectivity index (χ0v) is 15.8. The first kappa shape index (κ1) is 18.7. The number of aromatic nitrogens is 2. The molecule has 1 saturated carbocycles. The lowest BCUT2D eigenvalue weighted by molar-refractivity contribution is -0.121. The van der Waals surface area contributed by atoms with E-state index in [9.17, 15) is 19.2 Å². The number of hydrogen-bond donors (Lipinski definition) is 2. The fourth-order valence-corrected chi connectivity index (χ4v) is 3.17. The fraction of sp³-hybridized carbons (Fsp3) is 0.238. The first-order valence-corrected chi connectivity index (χ1v) is 9.33. The van der Waals surface area contributed by atoms with Crippen LogP contribution in [0.5, 0.6) is 0 Å². The van der Waals surface area contributed by atoms with E-state index in [-0.39, 0.29) is 35.5 Å². The number of nitrogens with one attached hydrogen (secondary N) is 2. The van der Waals surface area contributed by atoms with Gasteiger partial charge in [-0.15, -0.1) is 0 Å². The standard InChI is InChI=1S/C21H20N4O4/c1-24(12-18(26)22-14-8-9-14)19(27)13-7-10-16-17(11-13)23-21(29)25(20(16)28)15-5-3-2-4-6-15/h2-7,10-11,14H,8-9,12H2,1H3,(H,22,26)(H,23,29). The third-order valence-electron chi connectivity index (χ3n) is 4.83. The van der Waals surface area contributed by atoms with E-state index in [0.29, 0.717) is 11.1 Å². The van der Waals surface area contributed by atoms with E-state index >= 15 is 0 Å². The molecule has 0 radical (unpaired) electrons. The highest BCUT2D eigenvalue weighted by Gasteiger charge is 2.24. The van der Waals surface area contributed by atoms with Gasteiger partial charge in [0.2, 0.25) is 5.91 Å². The minimum atomic E-state index is -0.588. The molecule has 148 valence electrons. The monoisotopic (exact) mass is 392 g/mol. The van der Waals surface area contributed by atoms with Gasteiger partial charge in [-0.25, -0.2) is 9.36 Å². The zero-order chi connectivity index (χ0) is 20.5. The molecule has 4 rings (SSSR count). The average Bonchev–Trinajstić information content (AvgIpc) is 3.51. The third kappa shape index (κ3) is 3.82. The molecule has 0 atom stereocenters. The maximum atomic E-state index is 12.8. The van der Waals surface area contributed by atoms with E-state index in [1.807, 2.05) is 0 Å². The summed E-state index contributed by atoms with van der Waals surface area (Å²) in [5.74, 6) is -0.575. The number of fused-ring (bicyclic) bond motifs is 1. The van der Waals surface area contributed by atoms with E-state index in [0.717, 1.165) is 17.4 Å². The number of benzene rings is 2. The first-order valence-electron chi connectivity index (χ1n) is 9.33. The molecule has 1 fully saturated rings. The van der Waals surface area contributed by atoms with Crippen molar-refractivity contribution in [3.05, 3.63) is 74.9 Å². The molecule has 0 aliphatic heterocycles.